The number of halogens is 3. The van der Waals surface area contributed by atoms with E-state index in [1.807, 2.05) is 11.9 Å². The van der Waals surface area contributed by atoms with Crippen LogP contribution in [0.4, 0.5) is 19.0 Å². The van der Waals surface area contributed by atoms with Crippen molar-refractivity contribution in [3.05, 3.63) is 46.1 Å². The molecule has 1 atom stereocenters. The maximum Gasteiger partial charge on any atom is 0.573 e. The topological polar surface area (TPSA) is 98.3 Å². The SMILES string of the molecule is CC1(N2CCN(N=Cc3ccc(OC(F)(F)F)cc3)CC2)Cn2cc([N+](=O)[O-])nc2O1. The summed E-state index contributed by atoms with van der Waals surface area (Å²) >= 11 is 0. The molecule has 0 aliphatic carbocycles. The van der Waals surface area contributed by atoms with Crippen LogP contribution in [-0.2, 0) is 6.54 Å². The second-order valence-corrected chi connectivity index (χ2v) is 7.35. The molecule has 31 heavy (non-hydrogen) atoms. The minimum Gasteiger partial charge on any atom is -0.422 e. The van der Waals surface area contributed by atoms with Crippen LogP contribution in [0.3, 0.4) is 0 Å². The lowest BCUT2D eigenvalue weighted by Gasteiger charge is -2.41. The fraction of sp³-hybridized carbons (Fsp3) is 0.444. The number of nitrogens with zero attached hydrogens (tertiary/aromatic N) is 6. The van der Waals surface area contributed by atoms with Gasteiger partial charge in [0, 0.05) is 31.2 Å². The maximum atomic E-state index is 12.2. The Bertz CT molecular complexity index is 960. The van der Waals surface area contributed by atoms with E-state index in [2.05, 4.69) is 19.7 Å². The molecule has 10 nitrogen and oxygen atoms in total. The molecule has 1 unspecified atom stereocenters. The zero-order valence-electron chi connectivity index (χ0n) is 16.4. The van der Waals surface area contributed by atoms with Crippen LogP contribution in [0.25, 0.3) is 0 Å². The highest BCUT2D eigenvalue weighted by molar-refractivity contribution is 5.79. The number of fused-ring (bicyclic) bond motifs is 1. The van der Waals surface area contributed by atoms with E-state index >= 15 is 0 Å². The van der Waals surface area contributed by atoms with Crippen LogP contribution < -0.4 is 9.47 Å². The van der Waals surface area contributed by atoms with Gasteiger partial charge >= 0.3 is 18.2 Å². The molecule has 1 aromatic carbocycles. The number of nitro groups is 1. The minimum atomic E-state index is -4.72. The van der Waals surface area contributed by atoms with E-state index in [-0.39, 0.29) is 17.6 Å². The number of aromatic nitrogens is 2. The zero-order valence-corrected chi connectivity index (χ0v) is 16.4. The lowest BCUT2D eigenvalue weighted by Crippen LogP contribution is -2.57. The summed E-state index contributed by atoms with van der Waals surface area (Å²) in [5.74, 6) is -0.525. The Hall–Kier alpha value is -3.35. The average molecular weight is 440 g/mol. The van der Waals surface area contributed by atoms with Gasteiger partial charge in [-0.1, -0.05) is 0 Å². The largest absolute Gasteiger partial charge is 0.573 e. The molecule has 0 N–H and O–H groups in total. The number of hydrogen-bond donors (Lipinski definition) is 0. The molecular weight excluding hydrogens is 421 g/mol. The summed E-state index contributed by atoms with van der Waals surface area (Å²) in [6.45, 7) is 4.88. The molecule has 2 aromatic rings. The Morgan fingerprint density at radius 3 is 2.52 bits per heavy atom. The molecule has 0 saturated carbocycles. The van der Waals surface area contributed by atoms with Crippen molar-refractivity contribution in [1.29, 1.82) is 0 Å². The molecule has 1 saturated heterocycles. The molecule has 1 fully saturated rings. The molecule has 13 heteroatoms. The summed E-state index contributed by atoms with van der Waals surface area (Å²) in [7, 11) is 0. The molecule has 2 aliphatic heterocycles. The van der Waals surface area contributed by atoms with Crippen LogP contribution in [0.2, 0.25) is 0 Å². The Morgan fingerprint density at radius 2 is 1.94 bits per heavy atom. The van der Waals surface area contributed by atoms with Gasteiger partial charge in [-0.05, 0) is 41.7 Å². The van der Waals surface area contributed by atoms with E-state index in [1.54, 1.807) is 10.8 Å². The second-order valence-electron chi connectivity index (χ2n) is 7.35. The van der Waals surface area contributed by atoms with Gasteiger partial charge in [0.25, 0.3) is 0 Å². The number of imidazole rings is 1. The van der Waals surface area contributed by atoms with Crippen molar-refractivity contribution < 1.29 is 27.6 Å². The molecule has 4 rings (SSSR count). The van der Waals surface area contributed by atoms with Crippen LogP contribution in [-0.4, -0.2) is 68.9 Å². The summed E-state index contributed by atoms with van der Waals surface area (Å²) in [5, 5.41) is 17.1. The predicted molar refractivity (Wildman–Crippen MR) is 102 cm³/mol. The van der Waals surface area contributed by atoms with Gasteiger partial charge < -0.3 is 19.6 Å². The molecule has 166 valence electrons. The molecule has 2 aliphatic rings. The van der Waals surface area contributed by atoms with Gasteiger partial charge in [-0.3, -0.25) is 14.5 Å². The fourth-order valence-corrected chi connectivity index (χ4v) is 3.57. The van der Waals surface area contributed by atoms with E-state index in [9.17, 15) is 23.3 Å². The third kappa shape index (κ3) is 4.71. The van der Waals surface area contributed by atoms with Crippen molar-refractivity contribution in [1.82, 2.24) is 19.5 Å². The van der Waals surface area contributed by atoms with Gasteiger partial charge in [0.15, 0.2) is 5.72 Å². The molecule has 0 amide bonds. The Morgan fingerprint density at radius 1 is 1.26 bits per heavy atom. The quantitative estimate of drug-likeness (QED) is 0.400. The van der Waals surface area contributed by atoms with Crippen molar-refractivity contribution in [3.8, 4) is 11.8 Å². The first-order valence-electron chi connectivity index (χ1n) is 9.42. The van der Waals surface area contributed by atoms with E-state index in [4.69, 9.17) is 4.74 Å². The van der Waals surface area contributed by atoms with Gasteiger partial charge in [0.2, 0.25) is 0 Å². The fourth-order valence-electron chi connectivity index (χ4n) is 3.57. The highest BCUT2D eigenvalue weighted by Crippen LogP contribution is 2.33. The lowest BCUT2D eigenvalue weighted by molar-refractivity contribution is -0.389. The maximum absolute atomic E-state index is 12.2. The number of rotatable bonds is 5. The van der Waals surface area contributed by atoms with Gasteiger partial charge in [-0.2, -0.15) is 5.10 Å². The summed E-state index contributed by atoms with van der Waals surface area (Å²) in [5.41, 5.74) is -0.00301. The first-order chi connectivity index (χ1) is 14.6. The van der Waals surface area contributed by atoms with Gasteiger partial charge in [-0.15, -0.1) is 13.2 Å². The van der Waals surface area contributed by atoms with E-state index in [1.165, 1.54) is 30.5 Å². The second kappa shape index (κ2) is 7.72. The van der Waals surface area contributed by atoms with E-state index in [0.29, 0.717) is 38.3 Å². The van der Waals surface area contributed by atoms with Crippen molar-refractivity contribution >= 4 is 12.0 Å². The first-order valence-corrected chi connectivity index (χ1v) is 9.42. The normalized spacial score (nSPS) is 21.9. The molecule has 0 radical (unpaired) electrons. The van der Waals surface area contributed by atoms with Crippen LogP contribution in [0, 0.1) is 10.1 Å². The van der Waals surface area contributed by atoms with Crippen LogP contribution in [0.15, 0.2) is 35.6 Å². The van der Waals surface area contributed by atoms with Gasteiger partial charge in [0.05, 0.1) is 12.8 Å². The number of benzene rings is 1. The van der Waals surface area contributed by atoms with Crippen molar-refractivity contribution in [2.45, 2.75) is 25.6 Å². The number of hydrogen-bond acceptors (Lipinski definition) is 8. The molecule has 3 heterocycles. The van der Waals surface area contributed by atoms with Gasteiger partial charge in [0.1, 0.15) is 11.9 Å². The van der Waals surface area contributed by atoms with Crippen molar-refractivity contribution in [2.24, 2.45) is 5.10 Å². The summed E-state index contributed by atoms with van der Waals surface area (Å²) < 4.78 is 48.0. The Labute approximate surface area is 174 Å². The van der Waals surface area contributed by atoms with Crippen LogP contribution in [0.1, 0.15) is 12.5 Å². The van der Waals surface area contributed by atoms with E-state index in [0.717, 1.165) is 0 Å². The highest BCUT2D eigenvalue weighted by atomic mass is 19.4. The summed E-state index contributed by atoms with van der Waals surface area (Å²) in [4.78, 5) is 16.3. The summed E-state index contributed by atoms with van der Waals surface area (Å²) in [6, 6.07) is 5.69. The van der Waals surface area contributed by atoms with Gasteiger partial charge in [-0.25, -0.2) is 0 Å². The number of hydrazone groups is 1. The highest BCUT2D eigenvalue weighted by Gasteiger charge is 2.45. The Kier molecular flexibility index (Phi) is 5.21. The average Bonchev–Trinajstić information content (AvgIpc) is 3.23. The molecule has 0 bridgehead atoms. The summed E-state index contributed by atoms with van der Waals surface area (Å²) in [6.07, 6.45) is -1.77. The predicted octanol–water partition coefficient (Wildman–Crippen LogP) is 2.45. The van der Waals surface area contributed by atoms with E-state index < -0.39 is 17.0 Å². The first kappa shape index (κ1) is 20.9. The third-order valence-electron chi connectivity index (χ3n) is 5.10. The number of piperazine rings is 1. The van der Waals surface area contributed by atoms with Crippen LogP contribution in [0.5, 0.6) is 11.8 Å². The molecular formula is C18H19F3N6O4. The minimum absolute atomic E-state index is 0.229. The third-order valence-corrected chi connectivity index (χ3v) is 5.10. The molecule has 1 aromatic heterocycles. The number of alkyl halides is 3. The smallest absolute Gasteiger partial charge is 0.422 e. The number of ether oxygens (including phenoxy) is 2. The Balaban J connectivity index is 1.30. The zero-order chi connectivity index (χ0) is 22.2. The van der Waals surface area contributed by atoms with Crippen LogP contribution >= 0.6 is 0 Å². The van der Waals surface area contributed by atoms with Crippen molar-refractivity contribution in [3.63, 3.8) is 0 Å². The lowest BCUT2D eigenvalue weighted by atomic mass is 10.2. The molecule has 0 spiro atoms. The standard InChI is InChI=1S/C18H19F3N6O4/c1-17(12-24-11-15(27(28)29)23-16(24)31-17)25-6-8-26(9-7-25)22-10-13-2-4-14(5-3-13)30-18(19,20)21/h2-5,10-11H,6-9,12H2,1H3. The monoisotopic (exact) mass is 440 g/mol. The van der Waals surface area contributed by atoms with Crippen molar-refractivity contribution in [2.75, 3.05) is 26.2 Å².